The molecule has 3 aromatic rings. The van der Waals surface area contributed by atoms with E-state index in [4.69, 9.17) is 9.26 Å². The minimum atomic E-state index is -0.358. The molecule has 1 atom stereocenters. The van der Waals surface area contributed by atoms with Gasteiger partial charge in [-0.2, -0.15) is 4.98 Å². The van der Waals surface area contributed by atoms with Crippen LogP contribution in [0.15, 0.2) is 51.5 Å². The molecule has 150 valence electrons. The van der Waals surface area contributed by atoms with E-state index in [1.165, 1.54) is 6.07 Å². The molecular weight excluding hydrogens is 441 g/mol. The van der Waals surface area contributed by atoms with E-state index in [9.17, 15) is 9.18 Å². The highest BCUT2D eigenvalue weighted by molar-refractivity contribution is 9.10. The quantitative estimate of drug-likeness (QED) is 0.540. The van der Waals surface area contributed by atoms with Gasteiger partial charge in [0.05, 0.1) is 17.0 Å². The average Bonchev–Trinajstić information content (AvgIpc) is 3.33. The molecule has 1 aromatic heterocycles. The lowest BCUT2D eigenvalue weighted by Crippen LogP contribution is -2.24. The fourth-order valence-electron chi connectivity index (χ4n) is 3.32. The summed E-state index contributed by atoms with van der Waals surface area (Å²) in [6.45, 7) is 3.59. The highest BCUT2D eigenvalue weighted by Gasteiger charge is 2.34. The zero-order valence-corrected chi connectivity index (χ0v) is 17.4. The van der Waals surface area contributed by atoms with Crippen LogP contribution in [0.3, 0.4) is 0 Å². The summed E-state index contributed by atoms with van der Waals surface area (Å²) in [5.41, 5.74) is 1.67. The van der Waals surface area contributed by atoms with Crippen molar-refractivity contribution in [2.24, 2.45) is 0 Å². The van der Waals surface area contributed by atoms with Crippen molar-refractivity contribution < 1.29 is 18.4 Å². The van der Waals surface area contributed by atoms with E-state index in [0.717, 1.165) is 11.3 Å². The Morgan fingerprint density at radius 3 is 2.79 bits per heavy atom. The molecule has 1 unspecified atom stereocenters. The summed E-state index contributed by atoms with van der Waals surface area (Å²) in [4.78, 5) is 18.7. The highest BCUT2D eigenvalue weighted by atomic mass is 79.9. The first-order valence-electron chi connectivity index (χ1n) is 9.32. The van der Waals surface area contributed by atoms with E-state index in [0.29, 0.717) is 47.9 Å². The summed E-state index contributed by atoms with van der Waals surface area (Å²) in [6.07, 6.45) is 0.325. The van der Waals surface area contributed by atoms with Gasteiger partial charge in [-0.05, 0) is 58.7 Å². The number of hydrogen-bond acceptors (Lipinski definition) is 5. The lowest BCUT2D eigenvalue weighted by molar-refractivity contribution is -0.128. The van der Waals surface area contributed by atoms with Crippen LogP contribution >= 0.6 is 15.9 Å². The number of rotatable bonds is 6. The maximum atomic E-state index is 13.4. The molecule has 0 aliphatic carbocycles. The number of carbonyl (C=O) groups is 1. The molecular formula is C21H19BrFN3O3. The number of amides is 1. The van der Waals surface area contributed by atoms with Gasteiger partial charge in [0, 0.05) is 25.1 Å². The molecule has 1 saturated heterocycles. The van der Waals surface area contributed by atoms with Crippen LogP contribution in [-0.4, -0.2) is 34.1 Å². The van der Waals surface area contributed by atoms with Crippen LogP contribution in [0.25, 0.3) is 11.4 Å². The Kier molecular flexibility index (Phi) is 5.62. The molecule has 4 rings (SSSR count). The number of hydrogen-bond donors (Lipinski definition) is 0. The van der Waals surface area contributed by atoms with Crippen molar-refractivity contribution in [1.82, 2.24) is 15.0 Å². The number of nitrogens with zero attached hydrogens (tertiary/aromatic N) is 3. The molecule has 8 heteroatoms. The third kappa shape index (κ3) is 4.32. The van der Waals surface area contributed by atoms with Crippen molar-refractivity contribution in [2.45, 2.75) is 25.8 Å². The molecule has 0 N–H and O–H groups in total. The molecule has 0 bridgehead atoms. The van der Waals surface area contributed by atoms with Gasteiger partial charge in [-0.1, -0.05) is 17.3 Å². The van der Waals surface area contributed by atoms with Crippen LogP contribution in [0.2, 0.25) is 0 Å². The number of aromatic nitrogens is 2. The smallest absolute Gasteiger partial charge is 0.232 e. The number of halogens is 2. The SMILES string of the molecule is CCOc1ccc(CN2CC(c3nc(-c4ccc(F)c(Br)c4)no3)CC2=O)cc1. The Morgan fingerprint density at radius 1 is 1.28 bits per heavy atom. The van der Waals surface area contributed by atoms with Crippen LogP contribution in [0.1, 0.15) is 30.7 Å². The summed E-state index contributed by atoms with van der Waals surface area (Å²) in [7, 11) is 0. The van der Waals surface area contributed by atoms with Gasteiger partial charge in [-0.25, -0.2) is 4.39 Å². The van der Waals surface area contributed by atoms with Crippen molar-refractivity contribution in [3.8, 4) is 17.1 Å². The fourth-order valence-corrected chi connectivity index (χ4v) is 3.70. The Balaban J connectivity index is 1.44. The fraction of sp³-hybridized carbons (Fsp3) is 0.286. The van der Waals surface area contributed by atoms with E-state index >= 15 is 0 Å². The van der Waals surface area contributed by atoms with E-state index in [1.807, 2.05) is 31.2 Å². The number of carbonyl (C=O) groups excluding carboxylic acids is 1. The van der Waals surface area contributed by atoms with Crippen LogP contribution in [0, 0.1) is 5.82 Å². The monoisotopic (exact) mass is 459 g/mol. The minimum absolute atomic E-state index is 0.0492. The van der Waals surface area contributed by atoms with Gasteiger partial charge in [0.2, 0.25) is 17.6 Å². The molecule has 2 aromatic carbocycles. The lowest BCUT2D eigenvalue weighted by Gasteiger charge is -2.16. The molecule has 0 spiro atoms. The number of likely N-dealkylation sites (tertiary alicyclic amines) is 1. The van der Waals surface area contributed by atoms with E-state index < -0.39 is 0 Å². The second-order valence-electron chi connectivity index (χ2n) is 6.84. The minimum Gasteiger partial charge on any atom is -0.494 e. The molecule has 29 heavy (non-hydrogen) atoms. The third-order valence-corrected chi connectivity index (χ3v) is 5.40. The van der Waals surface area contributed by atoms with Crippen molar-refractivity contribution in [1.29, 1.82) is 0 Å². The second-order valence-corrected chi connectivity index (χ2v) is 7.69. The molecule has 1 amide bonds. The van der Waals surface area contributed by atoms with E-state index in [2.05, 4.69) is 26.1 Å². The maximum Gasteiger partial charge on any atom is 0.232 e. The summed E-state index contributed by atoms with van der Waals surface area (Å²) in [5, 5.41) is 3.99. The number of ether oxygens (including phenoxy) is 1. The third-order valence-electron chi connectivity index (χ3n) is 4.79. The molecule has 1 fully saturated rings. The molecule has 1 aliphatic rings. The molecule has 0 radical (unpaired) electrons. The van der Waals surface area contributed by atoms with Crippen molar-refractivity contribution in [2.75, 3.05) is 13.2 Å². The zero-order valence-electron chi connectivity index (χ0n) is 15.8. The summed E-state index contributed by atoms with van der Waals surface area (Å²) in [6, 6.07) is 12.3. The van der Waals surface area contributed by atoms with Crippen LogP contribution < -0.4 is 4.74 Å². The predicted molar refractivity (Wildman–Crippen MR) is 108 cm³/mol. The number of benzene rings is 2. The first-order chi connectivity index (χ1) is 14.0. The second kappa shape index (κ2) is 8.32. The molecule has 6 nitrogen and oxygen atoms in total. The van der Waals surface area contributed by atoms with Gasteiger partial charge >= 0.3 is 0 Å². The largest absolute Gasteiger partial charge is 0.494 e. The Bertz CT molecular complexity index is 1020. The molecule has 2 heterocycles. The van der Waals surface area contributed by atoms with Crippen molar-refractivity contribution >= 4 is 21.8 Å². The summed E-state index contributed by atoms with van der Waals surface area (Å²) >= 11 is 3.16. The van der Waals surface area contributed by atoms with Gasteiger partial charge < -0.3 is 14.2 Å². The Morgan fingerprint density at radius 2 is 2.07 bits per heavy atom. The maximum absolute atomic E-state index is 13.4. The average molecular weight is 460 g/mol. The standard InChI is InChI=1S/C21H19BrFN3O3/c1-2-28-16-6-3-13(4-7-16)11-26-12-15(10-19(26)27)21-24-20(25-29-21)14-5-8-18(23)17(22)9-14/h3-9,15H,2,10-12H2,1H3. The normalized spacial score (nSPS) is 16.4. The van der Waals surface area contributed by atoms with Crippen LogP contribution in [0.5, 0.6) is 5.75 Å². The Hall–Kier alpha value is -2.74. The van der Waals surface area contributed by atoms with E-state index in [-0.39, 0.29) is 17.6 Å². The Labute approximate surface area is 175 Å². The van der Waals surface area contributed by atoms with Crippen LogP contribution in [-0.2, 0) is 11.3 Å². The van der Waals surface area contributed by atoms with Gasteiger partial charge in [0.1, 0.15) is 11.6 Å². The topological polar surface area (TPSA) is 68.5 Å². The molecule has 0 saturated carbocycles. The highest BCUT2D eigenvalue weighted by Crippen LogP contribution is 2.30. The lowest BCUT2D eigenvalue weighted by atomic mass is 10.1. The first kappa shape index (κ1) is 19.6. The summed E-state index contributed by atoms with van der Waals surface area (Å²) < 4.78 is 24.6. The summed E-state index contributed by atoms with van der Waals surface area (Å²) in [5.74, 6) is 1.14. The van der Waals surface area contributed by atoms with Gasteiger partial charge in [-0.3, -0.25) is 4.79 Å². The van der Waals surface area contributed by atoms with Crippen molar-refractivity contribution in [3.05, 3.63) is 64.2 Å². The van der Waals surface area contributed by atoms with Gasteiger partial charge in [0.25, 0.3) is 0 Å². The van der Waals surface area contributed by atoms with Gasteiger partial charge in [-0.15, -0.1) is 0 Å². The van der Waals surface area contributed by atoms with E-state index in [1.54, 1.807) is 17.0 Å². The first-order valence-corrected chi connectivity index (χ1v) is 10.1. The van der Waals surface area contributed by atoms with Gasteiger partial charge in [0.15, 0.2) is 0 Å². The molecule has 1 aliphatic heterocycles. The zero-order chi connectivity index (χ0) is 20.4. The van der Waals surface area contributed by atoms with Crippen molar-refractivity contribution in [3.63, 3.8) is 0 Å². The van der Waals surface area contributed by atoms with Crippen LogP contribution in [0.4, 0.5) is 4.39 Å². The predicted octanol–water partition coefficient (Wildman–Crippen LogP) is 4.55.